The Morgan fingerprint density at radius 1 is 0.900 bits per heavy atom. The first-order chi connectivity index (χ1) is 9.44. The monoisotopic (exact) mass is 270 g/mol. The molecule has 0 spiro atoms. The lowest BCUT2D eigenvalue weighted by Gasteiger charge is -2.24. The quantitative estimate of drug-likeness (QED) is 0.688. The number of rotatable bonds is 3. The largest absolute Gasteiger partial charge is 0.518 e. The molecule has 4 heteroatoms. The Balaban J connectivity index is 2.54. The van der Waals surface area contributed by atoms with Crippen LogP contribution in [0.4, 0.5) is 10.5 Å². The van der Waals surface area contributed by atoms with Crippen molar-refractivity contribution in [2.45, 2.75) is 0 Å². The first-order valence-electron chi connectivity index (χ1n) is 6.21. The Kier molecular flexibility index (Phi) is 3.68. The molecule has 2 aromatic rings. The van der Waals surface area contributed by atoms with Gasteiger partial charge in [0.25, 0.3) is 0 Å². The number of nitrogens with zero attached hydrogens (tertiary/aromatic N) is 1. The Bertz CT molecular complexity index is 648. The van der Waals surface area contributed by atoms with Gasteiger partial charge in [-0.15, -0.1) is 0 Å². The molecule has 1 N–H and O–H groups in total. The van der Waals surface area contributed by atoms with Gasteiger partial charge in [-0.05, 0) is 6.07 Å². The summed E-state index contributed by atoms with van der Waals surface area (Å²) in [6, 6.07) is 15.7. The minimum absolute atomic E-state index is 0.173. The molecule has 0 aliphatic rings. The van der Waals surface area contributed by atoms with Crippen molar-refractivity contribution in [2.75, 3.05) is 14.1 Å². The number of para-hydroxylation sites is 1. The van der Waals surface area contributed by atoms with Crippen LogP contribution in [0.3, 0.4) is 0 Å². The van der Waals surface area contributed by atoms with Gasteiger partial charge in [-0.1, -0.05) is 42.5 Å². The number of carbonyl (C=O) groups is 2. The molecular formula is C16H16NO3+. The van der Waals surface area contributed by atoms with Crippen molar-refractivity contribution in [1.82, 2.24) is 4.48 Å². The van der Waals surface area contributed by atoms with Gasteiger partial charge in [0.1, 0.15) is 0 Å². The molecule has 20 heavy (non-hydrogen) atoms. The van der Waals surface area contributed by atoms with E-state index in [1.54, 1.807) is 62.6 Å². The zero-order valence-corrected chi connectivity index (χ0v) is 11.4. The minimum Gasteiger partial charge on any atom is -0.435 e. The zero-order valence-electron chi connectivity index (χ0n) is 11.4. The van der Waals surface area contributed by atoms with Crippen LogP contribution >= 0.6 is 0 Å². The van der Waals surface area contributed by atoms with Gasteiger partial charge >= 0.3 is 6.09 Å². The molecule has 0 bridgehead atoms. The van der Waals surface area contributed by atoms with E-state index in [9.17, 15) is 14.7 Å². The normalized spacial score (nSPS) is 11.1. The summed E-state index contributed by atoms with van der Waals surface area (Å²) in [6.07, 6.45) is -1.02. The molecule has 0 unspecified atom stereocenters. The summed E-state index contributed by atoms with van der Waals surface area (Å²) in [6.45, 7) is 0. The zero-order chi connectivity index (χ0) is 14.8. The summed E-state index contributed by atoms with van der Waals surface area (Å²) in [5.74, 6) is -0.173. The van der Waals surface area contributed by atoms with Gasteiger partial charge in [0.2, 0.25) is 0 Å². The van der Waals surface area contributed by atoms with Crippen molar-refractivity contribution in [3.05, 3.63) is 65.7 Å². The van der Waals surface area contributed by atoms with Crippen molar-refractivity contribution in [3.63, 3.8) is 0 Å². The lowest BCUT2D eigenvalue weighted by molar-refractivity contribution is 0.103. The van der Waals surface area contributed by atoms with Crippen LogP contribution in [0.1, 0.15) is 15.9 Å². The standard InChI is InChI=1S/C16H15NO3/c1-17(2,16(19)20)14-11-7-6-10-13(14)15(18)12-8-4-3-5-9-12/h3-11H,1-2H3/p+1. The van der Waals surface area contributed by atoms with Gasteiger partial charge in [0.15, 0.2) is 11.5 Å². The van der Waals surface area contributed by atoms with Crippen LogP contribution in [-0.2, 0) is 0 Å². The topological polar surface area (TPSA) is 54.4 Å². The van der Waals surface area contributed by atoms with Gasteiger partial charge < -0.3 is 5.11 Å². The first kappa shape index (κ1) is 14.0. The van der Waals surface area contributed by atoms with Gasteiger partial charge in [-0.2, -0.15) is 9.28 Å². The fraction of sp³-hybridized carbons (Fsp3) is 0.125. The van der Waals surface area contributed by atoms with Crippen molar-refractivity contribution in [2.24, 2.45) is 0 Å². The molecule has 2 rings (SSSR count). The average molecular weight is 270 g/mol. The average Bonchev–Trinajstić information content (AvgIpc) is 2.47. The highest BCUT2D eigenvalue weighted by Gasteiger charge is 2.33. The summed E-state index contributed by atoms with van der Waals surface area (Å²) < 4.78 is -0.394. The summed E-state index contributed by atoms with van der Waals surface area (Å²) in [4.78, 5) is 23.9. The number of carboxylic acid groups (broad SMARTS) is 1. The summed E-state index contributed by atoms with van der Waals surface area (Å²) in [5, 5.41) is 9.33. The molecule has 2 aromatic carbocycles. The van der Waals surface area contributed by atoms with Crippen LogP contribution in [-0.4, -0.2) is 31.1 Å². The number of quaternary nitrogens is 1. The maximum Gasteiger partial charge on any atom is 0.518 e. The molecule has 0 aromatic heterocycles. The van der Waals surface area contributed by atoms with Crippen LogP contribution in [0.5, 0.6) is 0 Å². The maximum atomic E-state index is 12.5. The van der Waals surface area contributed by atoms with Crippen LogP contribution < -0.4 is 4.48 Å². The van der Waals surface area contributed by atoms with Crippen molar-refractivity contribution in [1.29, 1.82) is 0 Å². The number of ketones is 1. The number of hydrogen-bond donors (Lipinski definition) is 1. The molecule has 1 amide bonds. The van der Waals surface area contributed by atoms with Crippen LogP contribution in [0.25, 0.3) is 0 Å². The van der Waals surface area contributed by atoms with E-state index in [0.717, 1.165) is 0 Å². The Hall–Kier alpha value is -2.46. The third-order valence-electron chi connectivity index (χ3n) is 3.27. The summed E-state index contributed by atoms with van der Waals surface area (Å²) >= 11 is 0. The lowest BCUT2D eigenvalue weighted by Crippen LogP contribution is -2.46. The van der Waals surface area contributed by atoms with Crippen molar-refractivity contribution in [3.8, 4) is 0 Å². The number of benzene rings is 2. The molecular weight excluding hydrogens is 254 g/mol. The second-order valence-corrected chi connectivity index (χ2v) is 4.95. The number of carbonyl (C=O) groups excluding carboxylic acids is 1. The Morgan fingerprint density at radius 3 is 2.05 bits per heavy atom. The second-order valence-electron chi connectivity index (χ2n) is 4.95. The smallest absolute Gasteiger partial charge is 0.435 e. The van der Waals surface area contributed by atoms with Gasteiger partial charge in [0.05, 0.1) is 19.7 Å². The molecule has 0 radical (unpaired) electrons. The summed E-state index contributed by atoms with van der Waals surface area (Å²) in [5.41, 5.74) is 1.42. The fourth-order valence-electron chi connectivity index (χ4n) is 2.00. The molecule has 0 saturated carbocycles. The Labute approximate surface area is 117 Å². The van der Waals surface area contributed by atoms with E-state index in [-0.39, 0.29) is 5.78 Å². The maximum absolute atomic E-state index is 12.5. The minimum atomic E-state index is -1.02. The predicted octanol–water partition coefficient (Wildman–Crippen LogP) is 3.16. The van der Waals surface area contributed by atoms with E-state index < -0.39 is 10.6 Å². The summed E-state index contributed by atoms with van der Waals surface area (Å²) in [7, 11) is 3.08. The van der Waals surface area contributed by atoms with Crippen LogP contribution in [0.15, 0.2) is 54.6 Å². The van der Waals surface area contributed by atoms with E-state index in [0.29, 0.717) is 16.8 Å². The molecule has 0 aliphatic heterocycles. The molecule has 0 aliphatic carbocycles. The van der Waals surface area contributed by atoms with Crippen LogP contribution in [0.2, 0.25) is 0 Å². The fourth-order valence-corrected chi connectivity index (χ4v) is 2.00. The van der Waals surface area contributed by atoms with E-state index in [4.69, 9.17) is 0 Å². The van der Waals surface area contributed by atoms with Crippen molar-refractivity contribution < 1.29 is 14.7 Å². The van der Waals surface area contributed by atoms with Gasteiger partial charge in [-0.3, -0.25) is 4.79 Å². The first-order valence-corrected chi connectivity index (χ1v) is 6.21. The molecule has 4 nitrogen and oxygen atoms in total. The van der Waals surface area contributed by atoms with E-state index >= 15 is 0 Å². The third-order valence-corrected chi connectivity index (χ3v) is 3.27. The number of amides is 1. The molecule has 0 saturated heterocycles. The molecule has 102 valence electrons. The highest BCUT2D eigenvalue weighted by Crippen LogP contribution is 2.26. The highest BCUT2D eigenvalue weighted by atomic mass is 16.4. The van der Waals surface area contributed by atoms with E-state index in [1.807, 2.05) is 6.07 Å². The molecule has 0 heterocycles. The van der Waals surface area contributed by atoms with Crippen LogP contribution in [0, 0.1) is 0 Å². The molecule has 0 fully saturated rings. The van der Waals surface area contributed by atoms with Gasteiger partial charge in [-0.25, -0.2) is 0 Å². The molecule has 0 atom stereocenters. The SMILES string of the molecule is C[N+](C)(C(=O)O)c1ccccc1C(=O)c1ccccc1. The highest BCUT2D eigenvalue weighted by molar-refractivity contribution is 6.12. The number of hydrogen-bond acceptors (Lipinski definition) is 2. The van der Waals surface area contributed by atoms with E-state index in [1.165, 1.54) is 0 Å². The lowest BCUT2D eigenvalue weighted by atomic mass is 10.0. The third kappa shape index (κ3) is 2.46. The predicted molar refractivity (Wildman–Crippen MR) is 78.0 cm³/mol. The van der Waals surface area contributed by atoms with Gasteiger partial charge in [0, 0.05) is 11.6 Å². The van der Waals surface area contributed by atoms with Crippen molar-refractivity contribution >= 4 is 17.6 Å². The van der Waals surface area contributed by atoms with E-state index in [2.05, 4.69) is 0 Å². The Morgan fingerprint density at radius 2 is 1.45 bits per heavy atom. The second kappa shape index (κ2) is 5.27.